The molecule has 0 aliphatic carbocycles. The molecule has 1 aromatic rings. The lowest BCUT2D eigenvalue weighted by molar-refractivity contribution is -0.123. The van der Waals surface area contributed by atoms with Crippen LogP contribution in [0.2, 0.25) is 0 Å². The minimum absolute atomic E-state index is 0.0142. The number of methoxy groups -OCH3 is 1. The molecule has 8 heteroatoms. The molecule has 0 aliphatic rings. The monoisotopic (exact) mass is 312 g/mol. The van der Waals surface area contributed by atoms with Gasteiger partial charge in [0.25, 0.3) is 5.91 Å². The summed E-state index contributed by atoms with van der Waals surface area (Å²) in [6.07, 6.45) is 0. The summed E-state index contributed by atoms with van der Waals surface area (Å²) in [5, 5.41) is 4.43. The Morgan fingerprint density at radius 3 is 2.50 bits per heavy atom. The summed E-state index contributed by atoms with van der Waals surface area (Å²) < 4.78 is 22.8. The van der Waals surface area contributed by atoms with Crippen LogP contribution < -0.4 is 15.4 Å². The number of hydrogen-bond donors (Lipinski definition) is 2. The third-order valence-corrected chi connectivity index (χ3v) is 2.39. The van der Waals surface area contributed by atoms with Crippen molar-refractivity contribution in [2.45, 2.75) is 19.9 Å². The van der Waals surface area contributed by atoms with Crippen molar-refractivity contribution in [3.63, 3.8) is 0 Å². The van der Waals surface area contributed by atoms with Gasteiger partial charge in [0, 0.05) is 6.04 Å². The molecule has 0 saturated heterocycles. The van der Waals surface area contributed by atoms with E-state index in [-0.39, 0.29) is 17.4 Å². The summed E-state index contributed by atoms with van der Waals surface area (Å²) in [6.45, 7) is 2.79. The highest BCUT2D eigenvalue weighted by molar-refractivity contribution is 5.97. The number of imide groups is 1. The number of benzene rings is 1. The first kappa shape index (κ1) is 17.4. The Hall–Kier alpha value is -2.64. The van der Waals surface area contributed by atoms with Crippen LogP contribution in [0.15, 0.2) is 18.2 Å². The Labute approximate surface area is 126 Å². The number of halogens is 1. The number of carbonyl (C=O) groups excluding carboxylic acids is 3. The van der Waals surface area contributed by atoms with E-state index in [9.17, 15) is 18.8 Å². The molecule has 0 heterocycles. The van der Waals surface area contributed by atoms with Gasteiger partial charge in [0.15, 0.2) is 18.2 Å². The van der Waals surface area contributed by atoms with Gasteiger partial charge in [-0.2, -0.15) is 0 Å². The van der Waals surface area contributed by atoms with E-state index in [4.69, 9.17) is 4.74 Å². The molecule has 0 unspecified atom stereocenters. The molecule has 0 radical (unpaired) electrons. The molecule has 0 aromatic heterocycles. The number of rotatable bonds is 5. The Morgan fingerprint density at radius 2 is 1.95 bits per heavy atom. The maximum atomic E-state index is 13.4. The van der Waals surface area contributed by atoms with Gasteiger partial charge in [-0.1, -0.05) is 0 Å². The van der Waals surface area contributed by atoms with Crippen molar-refractivity contribution in [1.82, 2.24) is 10.6 Å². The molecule has 0 aliphatic heterocycles. The molecule has 1 rings (SSSR count). The van der Waals surface area contributed by atoms with Gasteiger partial charge in [-0.25, -0.2) is 14.0 Å². The van der Waals surface area contributed by atoms with Crippen LogP contribution in [0.3, 0.4) is 0 Å². The highest BCUT2D eigenvalue weighted by Crippen LogP contribution is 2.18. The summed E-state index contributed by atoms with van der Waals surface area (Å²) in [7, 11) is 1.29. The van der Waals surface area contributed by atoms with Crippen molar-refractivity contribution in [2.24, 2.45) is 0 Å². The fourth-order valence-electron chi connectivity index (χ4n) is 1.47. The van der Waals surface area contributed by atoms with Gasteiger partial charge in [0.1, 0.15) is 0 Å². The molecule has 0 spiro atoms. The van der Waals surface area contributed by atoms with Crippen LogP contribution in [0.4, 0.5) is 9.18 Å². The first-order chi connectivity index (χ1) is 10.3. The number of hydrogen-bond acceptors (Lipinski definition) is 5. The SMILES string of the molecule is COc1ccc(C(=O)OCC(=O)NC(=O)NC(C)C)cc1F. The lowest BCUT2D eigenvalue weighted by atomic mass is 10.2. The molecule has 1 aromatic carbocycles. The van der Waals surface area contributed by atoms with Gasteiger partial charge in [-0.3, -0.25) is 10.1 Å². The van der Waals surface area contributed by atoms with Crippen molar-refractivity contribution in [2.75, 3.05) is 13.7 Å². The van der Waals surface area contributed by atoms with Crippen molar-refractivity contribution >= 4 is 17.9 Å². The third-order valence-electron chi connectivity index (χ3n) is 2.39. The van der Waals surface area contributed by atoms with Crippen LogP contribution in [0.25, 0.3) is 0 Å². The fraction of sp³-hybridized carbons (Fsp3) is 0.357. The lowest BCUT2D eigenvalue weighted by Gasteiger charge is -2.09. The summed E-state index contributed by atoms with van der Waals surface area (Å²) in [6, 6.07) is 2.67. The van der Waals surface area contributed by atoms with Crippen LogP contribution in [-0.2, 0) is 9.53 Å². The molecule has 0 atom stereocenters. The van der Waals surface area contributed by atoms with Gasteiger partial charge in [-0.05, 0) is 32.0 Å². The lowest BCUT2D eigenvalue weighted by Crippen LogP contribution is -2.44. The minimum Gasteiger partial charge on any atom is -0.494 e. The van der Waals surface area contributed by atoms with Gasteiger partial charge in [0.05, 0.1) is 12.7 Å². The van der Waals surface area contributed by atoms with E-state index in [0.717, 1.165) is 6.07 Å². The minimum atomic E-state index is -0.888. The van der Waals surface area contributed by atoms with Crippen LogP contribution in [-0.4, -0.2) is 37.7 Å². The number of amides is 3. The highest BCUT2D eigenvalue weighted by Gasteiger charge is 2.14. The normalized spacial score (nSPS) is 10.0. The second-order valence-electron chi connectivity index (χ2n) is 4.60. The zero-order valence-electron chi connectivity index (χ0n) is 12.4. The van der Waals surface area contributed by atoms with Gasteiger partial charge < -0.3 is 14.8 Å². The van der Waals surface area contributed by atoms with E-state index in [1.807, 2.05) is 5.32 Å². The van der Waals surface area contributed by atoms with E-state index < -0.39 is 30.3 Å². The molecule has 120 valence electrons. The second-order valence-corrected chi connectivity index (χ2v) is 4.60. The summed E-state index contributed by atoms with van der Waals surface area (Å²) in [5.74, 6) is -2.42. The highest BCUT2D eigenvalue weighted by atomic mass is 19.1. The largest absolute Gasteiger partial charge is 0.494 e. The Bertz CT molecular complexity index is 574. The van der Waals surface area contributed by atoms with Crippen molar-refractivity contribution < 1.29 is 28.2 Å². The Balaban J connectivity index is 2.50. The number of nitrogens with one attached hydrogen (secondary N) is 2. The van der Waals surface area contributed by atoms with E-state index in [1.165, 1.54) is 19.2 Å². The van der Waals surface area contributed by atoms with Gasteiger partial charge >= 0.3 is 12.0 Å². The molecule has 22 heavy (non-hydrogen) atoms. The number of esters is 1. The first-order valence-corrected chi connectivity index (χ1v) is 6.44. The summed E-state index contributed by atoms with van der Waals surface area (Å²) in [5.41, 5.74) is -0.0715. The van der Waals surface area contributed by atoms with Crippen LogP contribution in [0, 0.1) is 5.82 Å². The Morgan fingerprint density at radius 1 is 1.27 bits per heavy atom. The van der Waals surface area contributed by atoms with Crippen LogP contribution in [0.5, 0.6) is 5.75 Å². The quantitative estimate of drug-likeness (QED) is 0.798. The van der Waals surface area contributed by atoms with E-state index in [0.29, 0.717) is 0 Å². The zero-order chi connectivity index (χ0) is 16.7. The average molecular weight is 312 g/mol. The predicted molar refractivity (Wildman–Crippen MR) is 75.0 cm³/mol. The maximum absolute atomic E-state index is 13.4. The van der Waals surface area contributed by atoms with Gasteiger partial charge in [-0.15, -0.1) is 0 Å². The molecule has 0 saturated carbocycles. The summed E-state index contributed by atoms with van der Waals surface area (Å²) in [4.78, 5) is 34.3. The molecule has 7 nitrogen and oxygen atoms in total. The second kappa shape index (κ2) is 7.96. The third kappa shape index (κ3) is 5.39. The number of carbonyl (C=O) groups is 3. The molecular formula is C14H17FN2O5. The average Bonchev–Trinajstić information content (AvgIpc) is 2.43. The van der Waals surface area contributed by atoms with Crippen molar-refractivity contribution in [3.05, 3.63) is 29.6 Å². The van der Waals surface area contributed by atoms with E-state index in [1.54, 1.807) is 13.8 Å². The topological polar surface area (TPSA) is 93.7 Å². The molecule has 0 bridgehead atoms. The predicted octanol–water partition coefficient (Wildman–Crippen LogP) is 1.23. The van der Waals surface area contributed by atoms with E-state index >= 15 is 0 Å². The van der Waals surface area contributed by atoms with Gasteiger partial charge in [0.2, 0.25) is 0 Å². The zero-order valence-corrected chi connectivity index (χ0v) is 12.4. The standard InChI is InChI=1S/C14H17FN2O5/c1-8(2)16-14(20)17-12(18)7-22-13(19)9-4-5-11(21-3)10(15)6-9/h4-6,8H,7H2,1-3H3,(H2,16,17,18,20). The molecular weight excluding hydrogens is 295 g/mol. The molecule has 0 fully saturated rings. The Kier molecular flexibility index (Phi) is 6.30. The smallest absolute Gasteiger partial charge is 0.338 e. The van der Waals surface area contributed by atoms with E-state index in [2.05, 4.69) is 10.1 Å². The molecule has 3 amide bonds. The maximum Gasteiger partial charge on any atom is 0.338 e. The van der Waals surface area contributed by atoms with Crippen LogP contribution >= 0.6 is 0 Å². The number of urea groups is 1. The fourth-order valence-corrected chi connectivity index (χ4v) is 1.47. The summed E-state index contributed by atoms with van der Waals surface area (Å²) >= 11 is 0. The van der Waals surface area contributed by atoms with Crippen molar-refractivity contribution in [1.29, 1.82) is 0 Å². The molecule has 2 N–H and O–H groups in total. The van der Waals surface area contributed by atoms with Crippen LogP contribution in [0.1, 0.15) is 24.2 Å². The van der Waals surface area contributed by atoms with Crippen molar-refractivity contribution in [3.8, 4) is 5.75 Å². The first-order valence-electron chi connectivity index (χ1n) is 6.44. The number of ether oxygens (including phenoxy) is 2.